The molecule has 2 bridgehead atoms. The molecule has 0 N–H and O–H groups in total. The quantitative estimate of drug-likeness (QED) is 0.140. The van der Waals surface area contributed by atoms with Gasteiger partial charge in [0, 0.05) is 33.5 Å². The Morgan fingerprint density at radius 1 is 0.388 bits per heavy atom. The fourth-order valence-electron chi connectivity index (χ4n) is 13.0. The molecule has 0 aliphatic heterocycles. The van der Waals surface area contributed by atoms with Crippen LogP contribution in [0.5, 0.6) is 0 Å². The Bertz CT molecular complexity index is 3290. The number of rotatable bonds is 9. The molecule has 9 aromatic carbocycles. The first-order chi connectivity index (χ1) is 33.0. The second-order valence-electron chi connectivity index (χ2n) is 20.1. The van der Waals surface area contributed by atoms with Gasteiger partial charge >= 0.3 is 0 Å². The van der Waals surface area contributed by atoms with Gasteiger partial charge < -0.3 is 9.47 Å². The molecule has 3 unspecified atom stereocenters. The highest BCUT2D eigenvalue weighted by atomic mass is 15.1. The van der Waals surface area contributed by atoms with Crippen LogP contribution >= 0.6 is 0 Å². The van der Waals surface area contributed by atoms with Gasteiger partial charge in [0.2, 0.25) is 0 Å². The summed E-state index contributed by atoms with van der Waals surface area (Å²) in [5.41, 5.74) is 18.6. The summed E-state index contributed by atoms with van der Waals surface area (Å²) in [6.07, 6.45) is 6.97. The SMILES string of the molecule is C[C@H]1CC2C[C@H]3CC(c4ccc(N(c5ccc(-c6ccc(-c7cccc(-n8c9ccccc9c9ccccc98)c7)cc6)cc5)c5cc(-c6ccccc6)cc(-c6ccccc6)c5)cc4)(CC23)C1. The molecule has 3 aliphatic carbocycles. The zero-order valence-electron chi connectivity index (χ0n) is 38.1. The second-order valence-corrected chi connectivity index (χ2v) is 20.1. The molecule has 10 aromatic rings. The maximum atomic E-state index is 2.51. The Morgan fingerprint density at radius 2 is 0.896 bits per heavy atom. The van der Waals surface area contributed by atoms with E-state index < -0.39 is 0 Å². The summed E-state index contributed by atoms with van der Waals surface area (Å²) in [7, 11) is 0. The molecule has 324 valence electrons. The molecule has 0 saturated heterocycles. The number of aromatic nitrogens is 1. The summed E-state index contributed by atoms with van der Waals surface area (Å²) >= 11 is 0. The van der Waals surface area contributed by atoms with Gasteiger partial charge in [0.25, 0.3) is 0 Å². The molecule has 0 spiro atoms. The van der Waals surface area contributed by atoms with E-state index in [2.05, 4.69) is 241 Å². The summed E-state index contributed by atoms with van der Waals surface area (Å²) in [5.74, 6) is 3.63. The zero-order valence-corrected chi connectivity index (χ0v) is 38.1. The van der Waals surface area contributed by atoms with Crippen molar-refractivity contribution in [1.82, 2.24) is 4.57 Å². The van der Waals surface area contributed by atoms with E-state index in [9.17, 15) is 0 Å². The number of fused-ring (bicyclic) bond motifs is 4. The molecular weight excluding hydrogens is 809 g/mol. The third-order valence-corrected chi connectivity index (χ3v) is 16.0. The lowest BCUT2D eigenvalue weighted by molar-refractivity contribution is 0.0780. The third-order valence-electron chi connectivity index (χ3n) is 16.0. The lowest BCUT2D eigenvalue weighted by Gasteiger charge is -2.42. The van der Waals surface area contributed by atoms with Crippen LogP contribution in [-0.4, -0.2) is 4.57 Å². The number of nitrogens with zero attached hydrogens (tertiary/aromatic N) is 2. The summed E-state index contributed by atoms with van der Waals surface area (Å²) in [6, 6.07) is 83.3. The van der Waals surface area contributed by atoms with Crippen molar-refractivity contribution in [3.8, 4) is 50.2 Å². The minimum Gasteiger partial charge on any atom is -0.310 e. The molecule has 67 heavy (non-hydrogen) atoms. The maximum Gasteiger partial charge on any atom is 0.0541 e. The van der Waals surface area contributed by atoms with Crippen LogP contribution in [0.1, 0.15) is 44.6 Å². The van der Waals surface area contributed by atoms with Gasteiger partial charge in [-0.3, -0.25) is 0 Å². The average Bonchev–Trinajstić information content (AvgIpc) is 3.84. The first-order valence-electron chi connectivity index (χ1n) is 24.5. The van der Waals surface area contributed by atoms with Crippen molar-refractivity contribution in [2.45, 2.75) is 44.4 Å². The van der Waals surface area contributed by atoms with E-state index in [0.29, 0.717) is 5.41 Å². The van der Waals surface area contributed by atoms with Gasteiger partial charge in [-0.1, -0.05) is 165 Å². The first kappa shape index (κ1) is 39.9. The van der Waals surface area contributed by atoms with Crippen LogP contribution in [0, 0.1) is 23.7 Å². The number of para-hydroxylation sites is 2. The molecule has 3 saturated carbocycles. The van der Waals surface area contributed by atoms with E-state index in [0.717, 1.165) is 35.0 Å². The van der Waals surface area contributed by atoms with E-state index in [4.69, 9.17) is 0 Å². The van der Waals surface area contributed by atoms with E-state index in [1.54, 1.807) is 5.56 Å². The Kier molecular flexibility index (Phi) is 9.63. The van der Waals surface area contributed by atoms with Crippen molar-refractivity contribution in [2.24, 2.45) is 23.7 Å². The second kappa shape index (κ2) is 16.2. The number of anilines is 3. The maximum absolute atomic E-state index is 2.51. The summed E-state index contributed by atoms with van der Waals surface area (Å²) in [4.78, 5) is 2.47. The highest BCUT2D eigenvalue weighted by molar-refractivity contribution is 6.09. The standard InChI is InChI=1S/C65H54N2/c1-44-35-53-37-54-42-65(41-44,43-62(53)54)55-29-33-57(34-30-55)66(59-39-51(45-13-4-2-5-14-45)36-52(40-59)46-15-6-3-7-16-46)56-31-27-48(28-32-56)47-23-25-49(26-24-47)50-17-12-18-58(38-50)67-63-21-10-8-19-60(63)61-20-9-11-22-64(61)67/h2-34,36,38-40,44,53-54,62H,35,37,41-43H2,1H3/t44-,53?,54-,62?,65?/m0/s1. The number of hydrogen-bond donors (Lipinski definition) is 0. The van der Waals surface area contributed by atoms with Gasteiger partial charge in [0.05, 0.1) is 11.0 Å². The van der Waals surface area contributed by atoms with Crippen LogP contribution in [-0.2, 0) is 5.41 Å². The monoisotopic (exact) mass is 862 g/mol. The van der Waals surface area contributed by atoms with Crippen LogP contribution in [0.2, 0.25) is 0 Å². The molecule has 1 heterocycles. The molecule has 1 aromatic heterocycles. The van der Waals surface area contributed by atoms with Crippen LogP contribution < -0.4 is 4.90 Å². The van der Waals surface area contributed by atoms with Gasteiger partial charge in [-0.05, 0) is 178 Å². The highest BCUT2D eigenvalue weighted by Crippen LogP contribution is 2.65. The topological polar surface area (TPSA) is 8.17 Å². The van der Waals surface area contributed by atoms with Gasteiger partial charge in [-0.15, -0.1) is 0 Å². The normalized spacial score (nSPS) is 20.7. The van der Waals surface area contributed by atoms with E-state index in [-0.39, 0.29) is 0 Å². The molecule has 2 heteroatoms. The number of hydrogen-bond acceptors (Lipinski definition) is 1. The van der Waals surface area contributed by atoms with Crippen molar-refractivity contribution in [3.63, 3.8) is 0 Å². The minimum atomic E-state index is 0.323. The van der Waals surface area contributed by atoms with Gasteiger partial charge in [0.1, 0.15) is 0 Å². The van der Waals surface area contributed by atoms with E-state index in [1.807, 2.05) is 0 Å². The van der Waals surface area contributed by atoms with Crippen molar-refractivity contribution in [1.29, 1.82) is 0 Å². The van der Waals surface area contributed by atoms with E-state index >= 15 is 0 Å². The molecular formula is C65H54N2. The Morgan fingerprint density at radius 3 is 1.51 bits per heavy atom. The largest absolute Gasteiger partial charge is 0.310 e. The summed E-state index contributed by atoms with van der Waals surface area (Å²) in [6.45, 7) is 2.51. The molecule has 2 nitrogen and oxygen atoms in total. The van der Waals surface area contributed by atoms with Crippen molar-refractivity contribution in [3.05, 3.63) is 230 Å². The van der Waals surface area contributed by atoms with Gasteiger partial charge in [0.15, 0.2) is 0 Å². The van der Waals surface area contributed by atoms with Gasteiger partial charge in [-0.25, -0.2) is 0 Å². The van der Waals surface area contributed by atoms with Gasteiger partial charge in [-0.2, -0.15) is 0 Å². The predicted octanol–water partition coefficient (Wildman–Crippen LogP) is 17.6. The lowest BCUT2D eigenvalue weighted by atomic mass is 9.63. The molecule has 0 radical (unpaired) electrons. The summed E-state index contributed by atoms with van der Waals surface area (Å²) in [5, 5.41) is 2.55. The Labute approximate surface area is 394 Å². The highest BCUT2D eigenvalue weighted by Gasteiger charge is 2.57. The third kappa shape index (κ3) is 7.01. The van der Waals surface area contributed by atoms with Crippen LogP contribution in [0.3, 0.4) is 0 Å². The minimum absolute atomic E-state index is 0.323. The van der Waals surface area contributed by atoms with E-state index in [1.165, 1.54) is 110 Å². The molecule has 5 atom stereocenters. The average molecular weight is 863 g/mol. The fourth-order valence-corrected chi connectivity index (χ4v) is 13.0. The lowest BCUT2D eigenvalue weighted by Crippen LogP contribution is -2.34. The molecule has 3 fully saturated rings. The number of benzene rings is 9. The predicted molar refractivity (Wildman–Crippen MR) is 282 cm³/mol. The fraction of sp³-hybridized carbons (Fsp3) is 0.169. The first-order valence-corrected chi connectivity index (χ1v) is 24.5. The molecule has 0 amide bonds. The smallest absolute Gasteiger partial charge is 0.0541 e. The summed E-state index contributed by atoms with van der Waals surface area (Å²) < 4.78 is 2.39. The van der Waals surface area contributed by atoms with Crippen molar-refractivity contribution in [2.75, 3.05) is 4.90 Å². The van der Waals surface area contributed by atoms with Crippen molar-refractivity contribution < 1.29 is 0 Å². The van der Waals surface area contributed by atoms with Crippen LogP contribution in [0.15, 0.2) is 224 Å². The molecule has 3 aliphatic rings. The Hall–Kier alpha value is -7.42. The Balaban J connectivity index is 0.857. The molecule has 13 rings (SSSR count). The van der Waals surface area contributed by atoms with Crippen molar-refractivity contribution >= 4 is 38.9 Å². The van der Waals surface area contributed by atoms with Crippen LogP contribution in [0.25, 0.3) is 72.0 Å². The van der Waals surface area contributed by atoms with Crippen LogP contribution in [0.4, 0.5) is 17.1 Å². The zero-order chi connectivity index (χ0) is 44.5.